The summed E-state index contributed by atoms with van der Waals surface area (Å²) in [5.41, 5.74) is 0.801. The van der Waals surface area contributed by atoms with Crippen LogP contribution in [-0.4, -0.2) is 21.0 Å². The van der Waals surface area contributed by atoms with Crippen LogP contribution in [0.15, 0.2) is 18.3 Å². The molecule has 0 unspecified atom stereocenters. The van der Waals surface area contributed by atoms with Crippen molar-refractivity contribution in [2.24, 2.45) is 0 Å². The Balaban J connectivity index is 3.11. The highest BCUT2D eigenvalue weighted by molar-refractivity contribution is 5.85. The minimum Gasteiger partial charge on any atom is -0.478 e. The number of nitro groups is 1. The van der Waals surface area contributed by atoms with E-state index in [9.17, 15) is 14.9 Å². The number of aliphatic carboxylic acids is 1. The van der Waals surface area contributed by atoms with Gasteiger partial charge in [-0.05, 0) is 13.0 Å². The van der Waals surface area contributed by atoms with Gasteiger partial charge in [0.15, 0.2) is 0 Å². The number of carboxylic acids is 1. The molecule has 78 valence electrons. The molecule has 0 atom stereocenters. The molecule has 1 N–H and O–H groups in total. The van der Waals surface area contributed by atoms with Crippen molar-refractivity contribution >= 4 is 17.7 Å². The van der Waals surface area contributed by atoms with Crippen LogP contribution in [0.3, 0.4) is 0 Å². The lowest BCUT2D eigenvalue weighted by Gasteiger charge is -1.98. The van der Waals surface area contributed by atoms with Gasteiger partial charge in [0.1, 0.15) is 6.20 Å². The van der Waals surface area contributed by atoms with Crippen LogP contribution >= 0.6 is 0 Å². The third kappa shape index (κ3) is 2.87. The summed E-state index contributed by atoms with van der Waals surface area (Å²) in [6.07, 6.45) is 3.32. The van der Waals surface area contributed by atoms with E-state index in [2.05, 4.69) is 4.98 Å². The number of aryl methyl sites for hydroxylation is 1. The van der Waals surface area contributed by atoms with Gasteiger partial charge in [-0.2, -0.15) is 0 Å². The lowest BCUT2D eigenvalue weighted by molar-refractivity contribution is -0.385. The zero-order valence-electron chi connectivity index (χ0n) is 7.88. The zero-order valence-corrected chi connectivity index (χ0v) is 7.88. The first-order valence-corrected chi connectivity index (χ1v) is 4.03. The van der Waals surface area contributed by atoms with Crippen LogP contribution in [-0.2, 0) is 4.79 Å². The lowest BCUT2D eigenvalue weighted by Crippen LogP contribution is -1.94. The fraction of sp³-hybridized carbons (Fsp3) is 0.111. The van der Waals surface area contributed by atoms with Crippen molar-refractivity contribution in [1.29, 1.82) is 0 Å². The molecule has 0 aliphatic heterocycles. The van der Waals surface area contributed by atoms with E-state index in [1.807, 2.05) is 0 Å². The van der Waals surface area contributed by atoms with Crippen LogP contribution in [0.2, 0.25) is 0 Å². The Labute approximate surface area is 85.0 Å². The molecule has 0 saturated heterocycles. The van der Waals surface area contributed by atoms with Crippen LogP contribution in [0, 0.1) is 17.0 Å². The highest BCUT2D eigenvalue weighted by Crippen LogP contribution is 2.15. The monoisotopic (exact) mass is 208 g/mol. The Kier molecular flexibility index (Phi) is 3.12. The number of rotatable bonds is 3. The highest BCUT2D eigenvalue weighted by atomic mass is 16.6. The zero-order chi connectivity index (χ0) is 11.4. The molecule has 6 heteroatoms. The van der Waals surface area contributed by atoms with E-state index in [4.69, 9.17) is 5.11 Å². The van der Waals surface area contributed by atoms with Crippen molar-refractivity contribution in [2.45, 2.75) is 6.92 Å². The van der Waals surface area contributed by atoms with Crippen molar-refractivity contribution in [3.05, 3.63) is 39.7 Å². The molecule has 1 heterocycles. The predicted molar refractivity (Wildman–Crippen MR) is 52.3 cm³/mol. The van der Waals surface area contributed by atoms with Gasteiger partial charge < -0.3 is 5.11 Å². The third-order valence-electron chi connectivity index (χ3n) is 1.73. The average Bonchev–Trinajstić information content (AvgIpc) is 2.16. The molecule has 0 aromatic carbocycles. The van der Waals surface area contributed by atoms with Crippen molar-refractivity contribution in [3.8, 4) is 0 Å². The SMILES string of the molecule is Cc1ncc([N+](=O)[O-])cc1C=CC(=O)O. The number of carbonyl (C=O) groups is 1. The molecule has 6 nitrogen and oxygen atoms in total. The smallest absolute Gasteiger partial charge is 0.328 e. The molecule has 15 heavy (non-hydrogen) atoms. The number of hydrogen-bond donors (Lipinski definition) is 1. The molecule has 0 bridgehead atoms. The molecule has 0 radical (unpaired) electrons. The van der Waals surface area contributed by atoms with Gasteiger partial charge in [-0.25, -0.2) is 4.79 Å². The number of pyridine rings is 1. The quantitative estimate of drug-likeness (QED) is 0.460. The molecule has 0 fully saturated rings. The second-order valence-electron chi connectivity index (χ2n) is 2.80. The second-order valence-corrected chi connectivity index (χ2v) is 2.80. The number of nitrogens with zero attached hydrogens (tertiary/aromatic N) is 2. The summed E-state index contributed by atoms with van der Waals surface area (Å²) < 4.78 is 0. The fourth-order valence-electron chi connectivity index (χ4n) is 0.968. The Morgan fingerprint density at radius 2 is 2.33 bits per heavy atom. The third-order valence-corrected chi connectivity index (χ3v) is 1.73. The average molecular weight is 208 g/mol. The first kappa shape index (κ1) is 10.8. The Bertz CT molecular complexity index is 440. The Hall–Kier alpha value is -2.24. The molecule has 0 saturated carbocycles. The van der Waals surface area contributed by atoms with E-state index < -0.39 is 10.9 Å². The van der Waals surface area contributed by atoms with Crippen molar-refractivity contribution in [1.82, 2.24) is 4.98 Å². The molecular formula is C9H8N2O4. The van der Waals surface area contributed by atoms with Gasteiger partial charge in [0.05, 0.1) is 4.92 Å². The van der Waals surface area contributed by atoms with Gasteiger partial charge in [-0.15, -0.1) is 0 Å². The number of carboxylic acid groups (broad SMARTS) is 1. The maximum absolute atomic E-state index is 10.4. The summed E-state index contributed by atoms with van der Waals surface area (Å²) in [6.45, 7) is 1.64. The molecule has 0 amide bonds. The summed E-state index contributed by atoms with van der Waals surface area (Å²) in [7, 11) is 0. The number of aromatic nitrogens is 1. The van der Waals surface area contributed by atoms with E-state index in [1.165, 1.54) is 12.1 Å². The first-order chi connectivity index (χ1) is 7.00. The minimum atomic E-state index is -1.11. The Morgan fingerprint density at radius 1 is 1.67 bits per heavy atom. The predicted octanol–water partition coefficient (Wildman–Crippen LogP) is 1.40. The molecule has 1 aromatic heterocycles. The van der Waals surface area contributed by atoms with Crippen LogP contribution in [0.5, 0.6) is 0 Å². The van der Waals surface area contributed by atoms with Gasteiger partial charge in [0.2, 0.25) is 0 Å². The summed E-state index contributed by atoms with van der Waals surface area (Å²) in [4.78, 5) is 23.9. The second kappa shape index (κ2) is 4.32. The first-order valence-electron chi connectivity index (χ1n) is 4.03. The maximum Gasteiger partial charge on any atom is 0.328 e. The molecule has 0 aliphatic carbocycles. The van der Waals surface area contributed by atoms with E-state index in [-0.39, 0.29) is 5.69 Å². The fourth-order valence-corrected chi connectivity index (χ4v) is 0.968. The van der Waals surface area contributed by atoms with E-state index >= 15 is 0 Å². The maximum atomic E-state index is 10.4. The molecular weight excluding hydrogens is 200 g/mol. The van der Waals surface area contributed by atoms with Crippen LogP contribution < -0.4 is 0 Å². The highest BCUT2D eigenvalue weighted by Gasteiger charge is 2.07. The van der Waals surface area contributed by atoms with Gasteiger partial charge in [-0.1, -0.05) is 0 Å². The Morgan fingerprint density at radius 3 is 2.87 bits per heavy atom. The normalized spacial score (nSPS) is 10.5. The van der Waals surface area contributed by atoms with Crippen molar-refractivity contribution in [3.63, 3.8) is 0 Å². The van der Waals surface area contributed by atoms with Crippen LogP contribution in [0.1, 0.15) is 11.3 Å². The molecule has 0 spiro atoms. The summed E-state index contributed by atoms with van der Waals surface area (Å²) in [6, 6.07) is 1.28. The molecule has 0 aliphatic rings. The van der Waals surface area contributed by atoms with Crippen LogP contribution in [0.4, 0.5) is 5.69 Å². The van der Waals surface area contributed by atoms with E-state index in [1.54, 1.807) is 6.92 Å². The summed E-state index contributed by atoms with van der Waals surface area (Å²) in [5.74, 6) is -1.11. The standard InChI is InChI=1S/C9H8N2O4/c1-6-7(2-3-9(12)13)4-8(5-10-6)11(14)15/h2-5H,1H3,(H,12,13). The van der Waals surface area contributed by atoms with Crippen molar-refractivity contribution in [2.75, 3.05) is 0 Å². The number of hydrogen-bond acceptors (Lipinski definition) is 4. The van der Waals surface area contributed by atoms with Gasteiger partial charge in [0, 0.05) is 23.4 Å². The van der Waals surface area contributed by atoms with E-state index in [0.29, 0.717) is 11.3 Å². The molecule has 1 rings (SSSR count). The minimum absolute atomic E-state index is 0.161. The van der Waals surface area contributed by atoms with E-state index in [0.717, 1.165) is 12.3 Å². The van der Waals surface area contributed by atoms with Gasteiger partial charge in [0.25, 0.3) is 5.69 Å². The molecule has 1 aromatic rings. The summed E-state index contributed by atoms with van der Waals surface area (Å²) >= 11 is 0. The van der Waals surface area contributed by atoms with Crippen LogP contribution in [0.25, 0.3) is 6.08 Å². The van der Waals surface area contributed by atoms with Gasteiger partial charge >= 0.3 is 5.97 Å². The summed E-state index contributed by atoms with van der Waals surface area (Å²) in [5, 5.41) is 18.8. The van der Waals surface area contributed by atoms with Crippen molar-refractivity contribution < 1.29 is 14.8 Å². The largest absolute Gasteiger partial charge is 0.478 e. The van der Waals surface area contributed by atoms with Gasteiger partial charge in [-0.3, -0.25) is 15.1 Å². The lowest BCUT2D eigenvalue weighted by atomic mass is 10.2. The topological polar surface area (TPSA) is 93.3 Å².